The number of nitrogens with zero attached hydrogens (tertiary/aromatic N) is 2. The lowest BCUT2D eigenvalue weighted by Gasteiger charge is -2.01. The van der Waals surface area contributed by atoms with Gasteiger partial charge in [-0.1, -0.05) is 17.7 Å². The number of thioether (sulfide) groups is 1. The summed E-state index contributed by atoms with van der Waals surface area (Å²) >= 11 is 1.56. The van der Waals surface area contributed by atoms with Crippen LogP contribution in [-0.2, 0) is 7.05 Å². The van der Waals surface area contributed by atoms with Crippen LogP contribution in [0.5, 0.6) is 0 Å². The number of ketones is 1. The molecule has 0 aliphatic heterocycles. The number of benzene rings is 1. The van der Waals surface area contributed by atoms with Crippen LogP contribution < -0.4 is 0 Å². The molecule has 0 atom stereocenters. The Kier molecular flexibility index (Phi) is 3.64. The van der Waals surface area contributed by atoms with Crippen LogP contribution in [0.2, 0.25) is 0 Å². The summed E-state index contributed by atoms with van der Waals surface area (Å²) in [7, 11) is 1.81. The number of Topliss-reactive ketones (excluding diaryl/α,β-unsaturated/α-hetero) is 1. The van der Waals surface area contributed by atoms with Crippen LogP contribution >= 0.6 is 11.8 Å². The smallest absolute Gasteiger partial charge is 0.176 e. The summed E-state index contributed by atoms with van der Waals surface area (Å²) in [5.74, 6) is 0.569. The lowest BCUT2D eigenvalue weighted by atomic mass is 10.2. The largest absolute Gasteiger partial charge is 0.293 e. The van der Waals surface area contributed by atoms with E-state index >= 15 is 0 Å². The Balaban J connectivity index is 1.97. The molecule has 0 radical (unpaired) electrons. The first-order valence-corrected chi connectivity index (χ1v) is 6.35. The van der Waals surface area contributed by atoms with E-state index in [1.54, 1.807) is 28.8 Å². The third kappa shape index (κ3) is 3.20. The van der Waals surface area contributed by atoms with Crippen LogP contribution in [0.1, 0.15) is 15.9 Å². The van der Waals surface area contributed by atoms with E-state index < -0.39 is 0 Å². The number of carbonyl (C=O) groups is 1. The second kappa shape index (κ2) is 5.19. The molecule has 0 amide bonds. The number of aromatic nitrogens is 2. The zero-order chi connectivity index (χ0) is 12.3. The van der Waals surface area contributed by atoms with Crippen molar-refractivity contribution in [1.82, 2.24) is 9.78 Å². The third-order valence-electron chi connectivity index (χ3n) is 2.39. The summed E-state index contributed by atoms with van der Waals surface area (Å²) in [5.41, 5.74) is 1.89. The number of carbonyl (C=O) groups excluding carboxylic acids is 1. The Bertz CT molecular complexity index is 534. The molecule has 0 fully saturated rings. The second-order valence-electron chi connectivity index (χ2n) is 3.93. The molecule has 4 heteroatoms. The Morgan fingerprint density at radius 1 is 1.47 bits per heavy atom. The molecule has 0 saturated carbocycles. The lowest BCUT2D eigenvalue weighted by Crippen LogP contribution is -2.00. The zero-order valence-corrected chi connectivity index (χ0v) is 10.7. The summed E-state index contributed by atoms with van der Waals surface area (Å²) in [4.78, 5) is 13.0. The van der Waals surface area contributed by atoms with Gasteiger partial charge in [-0.3, -0.25) is 9.48 Å². The molecule has 0 aliphatic carbocycles. The van der Waals surface area contributed by atoms with Crippen LogP contribution in [-0.4, -0.2) is 21.3 Å². The van der Waals surface area contributed by atoms with Crippen LogP contribution in [0.15, 0.2) is 41.6 Å². The van der Waals surface area contributed by atoms with Gasteiger partial charge < -0.3 is 0 Å². The van der Waals surface area contributed by atoms with Crippen molar-refractivity contribution in [2.75, 3.05) is 5.75 Å². The maximum absolute atomic E-state index is 11.8. The molecule has 17 heavy (non-hydrogen) atoms. The first-order chi connectivity index (χ1) is 8.15. The van der Waals surface area contributed by atoms with Gasteiger partial charge in [0.2, 0.25) is 0 Å². The lowest BCUT2D eigenvalue weighted by molar-refractivity contribution is 0.102. The average Bonchev–Trinajstić information content (AvgIpc) is 2.73. The molecule has 1 aromatic heterocycles. The van der Waals surface area contributed by atoms with Crippen molar-refractivity contribution in [3.05, 3.63) is 47.8 Å². The quantitative estimate of drug-likeness (QED) is 0.614. The molecular formula is C13H14N2OS. The summed E-state index contributed by atoms with van der Waals surface area (Å²) in [6.07, 6.45) is 3.36. The van der Waals surface area contributed by atoms with Gasteiger partial charge in [-0.2, -0.15) is 5.10 Å². The minimum absolute atomic E-state index is 0.115. The molecule has 0 bridgehead atoms. The van der Waals surface area contributed by atoms with Crippen molar-refractivity contribution in [2.24, 2.45) is 7.05 Å². The summed E-state index contributed by atoms with van der Waals surface area (Å²) in [6, 6.07) is 8.16. The normalized spacial score (nSPS) is 10.5. The van der Waals surface area contributed by atoms with Gasteiger partial charge in [-0.25, -0.2) is 0 Å². The Hall–Kier alpha value is -1.55. The molecule has 0 saturated heterocycles. The van der Waals surface area contributed by atoms with Gasteiger partial charge in [0.05, 0.1) is 17.5 Å². The van der Waals surface area contributed by atoms with Crippen LogP contribution in [0.3, 0.4) is 0 Å². The predicted octanol–water partition coefficient (Wildman–Crippen LogP) is 2.70. The molecule has 1 heterocycles. The molecule has 0 spiro atoms. The Morgan fingerprint density at radius 3 is 2.94 bits per heavy atom. The molecule has 2 rings (SSSR count). The molecular weight excluding hydrogens is 232 g/mol. The fraction of sp³-hybridized carbons (Fsp3) is 0.231. The van der Waals surface area contributed by atoms with Gasteiger partial charge in [0.15, 0.2) is 5.78 Å². The number of hydrogen-bond donors (Lipinski definition) is 0. The van der Waals surface area contributed by atoms with Gasteiger partial charge in [-0.15, -0.1) is 11.8 Å². The van der Waals surface area contributed by atoms with E-state index in [1.165, 1.54) is 5.56 Å². The third-order valence-corrected chi connectivity index (χ3v) is 3.38. The van der Waals surface area contributed by atoms with E-state index in [-0.39, 0.29) is 5.78 Å². The van der Waals surface area contributed by atoms with E-state index in [9.17, 15) is 4.79 Å². The number of hydrogen-bond acceptors (Lipinski definition) is 3. The van der Waals surface area contributed by atoms with Gasteiger partial charge in [0.1, 0.15) is 0 Å². The van der Waals surface area contributed by atoms with Crippen molar-refractivity contribution in [3.63, 3.8) is 0 Å². The highest BCUT2D eigenvalue weighted by molar-refractivity contribution is 8.00. The van der Waals surface area contributed by atoms with E-state index in [0.717, 1.165) is 4.90 Å². The zero-order valence-electron chi connectivity index (χ0n) is 9.88. The van der Waals surface area contributed by atoms with Crippen molar-refractivity contribution < 1.29 is 4.79 Å². The second-order valence-corrected chi connectivity index (χ2v) is 4.98. The van der Waals surface area contributed by atoms with E-state index in [2.05, 4.69) is 11.2 Å². The fourth-order valence-corrected chi connectivity index (χ4v) is 2.41. The number of aryl methyl sites for hydroxylation is 2. The highest BCUT2D eigenvalue weighted by Crippen LogP contribution is 2.19. The topological polar surface area (TPSA) is 34.9 Å². The fourth-order valence-electron chi connectivity index (χ4n) is 1.50. The van der Waals surface area contributed by atoms with Gasteiger partial charge in [0.25, 0.3) is 0 Å². The van der Waals surface area contributed by atoms with E-state index in [1.807, 2.05) is 32.2 Å². The van der Waals surface area contributed by atoms with E-state index in [0.29, 0.717) is 11.3 Å². The minimum Gasteiger partial charge on any atom is -0.293 e. The monoisotopic (exact) mass is 246 g/mol. The standard InChI is InChI=1S/C13H14N2OS/c1-10-4-3-5-12(6-10)17-9-13(16)11-7-14-15(2)8-11/h3-8H,9H2,1-2H3. The van der Waals surface area contributed by atoms with Crippen molar-refractivity contribution >= 4 is 17.5 Å². The minimum atomic E-state index is 0.115. The molecule has 1 aromatic carbocycles. The Morgan fingerprint density at radius 2 is 2.29 bits per heavy atom. The molecule has 0 N–H and O–H groups in total. The van der Waals surface area contributed by atoms with Crippen LogP contribution in [0.4, 0.5) is 0 Å². The first-order valence-electron chi connectivity index (χ1n) is 5.36. The van der Waals surface area contributed by atoms with Crippen LogP contribution in [0, 0.1) is 6.92 Å². The predicted molar refractivity (Wildman–Crippen MR) is 69.4 cm³/mol. The summed E-state index contributed by atoms with van der Waals surface area (Å²) in [6.45, 7) is 2.05. The Labute approximate surface area is 105 Å². The van der Waals surface area contributed by atoms with Gasteiger partial charge in [-0.05, 0) is 19.1 Å². The van der Waals surface area contributed by atoms with E-state index in [4.69, 9.17) is 0 Å². The highest BCUT2D eigenvalue weighted by Gasteiger charge is 2.08. The van der Waals surface area contributed by atoms with Crippen molar-refractivity contribution in [1.29, 1.82) is 0 Å². The molecule has 0 aliphatic rings. The first kappa shape index (κ1) is 11.9. The van der Waals surface area contributed by atoms with Gasteiger partial charge >= 0.3 is 0 Å². The molecule has 3 nitrogen and oxygen atoms in total. The molecule has 2 aromatic rings. The molecule has 88 valence electrons. The maximum Gasteiger partial charge on any atom is 0.176 e. The summed E-state index contributed by atoms with van der Waals surface area (Å²) in [5, 5.41) is 3.99. The average molecular weight is 246 g/mol. The number of rotatable bonds is 4. The van der Waals surface area contributed by atoms with Crippen molar-refractivity contribution in [2.45, 2.75) is 11.8 Å². The maximum atomic E-state index is 11.8. The molecule has 0 unspecified atom stereocenters. The van der Waals surface area contributed by atoms with Gasteiger partial charge in [0, 0.05) is 18.1 Å². The highest BCUT2D eigenvalue weighted by atomic mass is 32.2. The van der Waals surface area contributed by atoms with Crippen LogP contribution in [0.25, 0.3) is 0 Å². The SMILES string of the molecule is Cc1cccc(SCC(=O)c2cnn(C)c2)c1. The van der Waals surface area contributed by atoms with Crippen molar-refractivity contribution in [3.8, 4) is 0 Å². The summed E-state index contributed by atoms with van der Waals surface area (Å²) < 4.78 is 1.64.